The molecule has 0 radical (unpaired) electrons. The van der Waals surface area contributed by atoms with Crippen molar-refractivity contribution < 1.29 is 4.74 Å². The molecule has 3 rings (SSSR count). The van der Waals surface area contributed by atoms with Crippen LogP contribution in [0, 0.1) is 13.8 Å². The van der Waals surface area contributed by atoms with Crippen molar-refractivity contribution in [3.63, 3.8) is 0 Å². The fourth-order valence-corrected chi connectivity index (χ4v) is 3.13. The van der Waals surface area contributed by atoms with Crippen molar-refractivity contribution in [1.82, 2.24) is 5.43 Å². The molecular weight excluding hydrogens is 356 g/mol. The molecule has 27 heavy (non-hydrogen) atoms. The molecule has 0 saturated carbocycles. The van der Waals surface area contributed by atoms with E-state index < -0.39 is 0 Å². The maximum Gasteiger partial charge on any atom is 0.191 e. The summed E-state index contributed by atoms with van der Waals surface area (Å²) in [5, 5.41) is 8.10. The highest BCUT2D eigenvalue weighted by molar-refractivity contribution is 7.80. The standard InChI is InChI=1S/C21H26N4OS/c1-15-5-4-6-20(16(15)2)22-21(27)24-23-17(3)18-7-9-19(10-8-18)25-11-13-26-14-12-25/h4-10H,11-14H2,1-3H3,(H2,22,24,27)/b23-17+. The molecule has 5 nitrogen and oxygen atoms in total. The first-order chi connectivity index (χ1) is 13.0. The smallest absolute Gasteiger partial charge is 0.191 e. The highest BCUT2D eigenvalue weighted by atomic mass is 32.1. The van der Waals surface area contributed by atoms with E-state index >= 15 is 0 Å². The van der Waals surface area contributed by atoms with E-state index in [0.717, 1.165) is 43.3 Å². The average molecular weight is 383 g/mol. The van der Waals surface area contributed by atoms with Crippen LogP contribution in [-0.4, -0.2) is 37.1 Å². The molecule has 6 heteroatoms. The molecule has 2 aromatic carbocycles. The summed E-state index contributed by atoms with van der Waals surface area (Å²) >= 11 is 5.37. The number of morpholine rings is 1. The minimum Gasteiger partial charge on any atom is -0.378 e. The van der Waals surface area contributed by atoms with Gasteiger partial charge in [-0.3, -0.25) is 5.43 Å². The summed E-state index contributed by atoms with van der Waals surface area (Å²) in [4.78, 5) is 2.33. The van der Waals surface area contributed by atoms with Crippen LogP contribution < -0.4 is 15.6 Å². The predicted octanol–water partition coefficient (Wildman–Crippen LogP) is 3.85. The summed E-state index contributed by atoms with van der Waals surface area (Å²) in [5.41, 5.74) is 9.50. The normalized spacial score (nSPS) is 14.8. The Kier molecular flexibility index (Phi) is 6.42. The Labute approximate surface area is 166 Å². The van der Waals surface area contributed by atoms with Crippen molar-refractivity contribution in [2.24, 2.45) is 5.10 Å². The van der Waals surface area contributed by atoms with Gasteiger partial charge < -0.3 is 15.0 Å². The molecule has 1 aliphatic heterocycles. The van der Waals surface area contributed by atoms with E-state index in [2.05, 4.69) is 64.9 Å². The van der Waals surface area contributed by atoms with Gasteiger partial charge in [-0.25, -0.2) is 0 Å². The van der Waals surface area contributed by atoms with Crippen molar-refractivity contribution >= 4 is 34.4 Å². The summed E-state index contributed by atoms with van der Waals surface area (Å²) in [6.07, 6.45) is 0. The zero-order valence-electron chi connectivity index (χ0n) is 16.1. The zero-order valence-corrected chi connectivity index (χ0v) is 16.9. The predicted molar refractivity (Wildman–Crippen MR) is 117 cm³/mol. The molecule has 0 aliphatic carbocycles. The van der Waals surface area contributed by atoms with Gasteiger partial charge in [-0.1, -0.05) is 24.3 Å². The van der Waals surface area contributed by atoms with Crippen molar-refractivity contribution in [3.8, 4) is 0 Å². The first-order valence-corrected chi connectivity index (χ1v) is 9.56. The summed E-state index contributed by atoms with van der Waals surface area (Å²) in [7, 11) is 0. The topological polar surface area (TPSA) is 48.9 Å². The number of rotatable bonds is 4. The molecule has 1 saturated heterocycles. The summed E-state index contributed by atoms with van der Waals surface area (Å²) < 4.78 is 5.41. The highest BCUT2D eigenvalue weighted by Crippen LogP contribution is 2.18. The van der Waals surface area contributed by atoms with Gasteiger partial charge in [-0.2, -0.15) is 5.10 Å². The molecule has 1 fully saturated rings. The lowest BCUT2D eigenvalue weighted by atomic mass is 10.1. The third-order valence-corrected chi connectivity index (χ3v) is 5.03. The highest BCUT2D eigenvalue weighted by Gasteiger charge is 2.11. The zero-order chi connectivity index (χ0) is 19.2. The molecule has 0 bridgehead atoms. The summed E-state index contributed by atoms with van der Waals surface area (Å²) in [5.74, 6) is 0. The number of hydrazone groups is 1. The summed E-state index contributed by atoms with van der Waals surface area (Å²) in [6.45, 7) is 9.58. The Balaban J connectivity index is 1.59. The third-order valence-electron chi connectivity index (χ3n) is 4.84. The van der Waals surface area contributed by atoms with Crippen LogP contribution in [-0.2, 0) is 4.74 Å². The third kappa shape index (κ3) is 5.05. The molecule has 0 aromatic heterocycles. The van der Waals surface area contributed by atoms with E-state index in [1.54, 1.807) is 0 Å². The van der Waals surface area contributed by atoms with E-state index in [1.807, 2.05) is 19.1 Å². The fourth-order valence-electron chi connectivity index (χ4n) is 2.97. The Morgan fingerprint density at radius 2 is 1.78 bits per heavy atom. The second-order valence-electron chi connectivity index (χ2n) is 6.66. The van der Waals surface area contributed by atoms with Crippen LogP contribution in [0.1, 0.15) is 23.6 Å². The summed E-state index contributed by atoms with van der Waals surface area (Å²) in [6, 6.07) is 14.5. The lowest BCUT2D eigenvalue weighted by molar-refractivity contribution is 0.122. The first kappa shape index (κ1) is 19.3. The number of anilines is 2. The lowest BCUT2D eigenvalue weighted by Gasteiger charge is -2.28. The number of nitrogens with zero attached hydrogens (tertiary/aromatic N) is 2. The van der Waals surface area contributed by atoms with Gasteiger partial charge in [-0.15, -0.1) is 0 Å². The molecule has 2 aromatic rings. The minimum atomic E-state index is 0.480. The number of aryl methyl sites for hydroxylation is 1. The van der Waals surface area contributed by atoms with Crippen LogP contribution in [0.15, 0.2) is 47.6 Å². The van der Waals surface area contributed by atoms with Crippen LogP contribution in [0.2, 0.25) is 0 Å². The Morgan fingerprint density at radius 1 is 1.07 bits per heavy atom. The molecule has 0 spiro atoms. The molecule has 1 heterocycles. The van der Waals surface area contributed by atoms with E-state index in [1.165, 1.54) is 16.8 Å². The molecule has 2 N–H and O–H groups in total. The van der Waals surface area contributed by atoms with Crippen molar-refractivity contribution in [2.75, 3.05) is 36.5 Å². The van der Waals surface area contributed by atoms with Gasteiger partial charge in [-0.05, 0) is 67.9 Å². The number of thiocarbonyl (C=S) groups is 1. The maximum atomic E-state index is 5.41. The largest absolute Gasteiger partial charge is 0.378 e. The number of nitrogens with one attached hydrogen (secondary N) is 2. The van der Waals surface area contributed by atoms with E-state index in [-0.39, 0.29) is 0 Å². The SMILES string of the molecule is C/C(=N\NC(=S)Nc1cccc(C)c1C)c1ccc(N2CCOCC2)cc1. The minimum absolute atomic E-state index is 0.480. The van der Waals surface area contributed by atoms with Gasteiger partial charge in [0.15, 0.2) is 5.11 Å². The lowest BCUT2D eigenvalue weighted by Crippen LogP contribution is -2.36. The molecule has 1 aliphatic rings. The van der Waals surface area contributed by atoms with Crippen molar-refractivity contribution in [3.05, 3.63) is 59.2 Å². The van der Waals surface area contributed by atoms with E-state index in [0.29, 0.717) is 5.11 Å². The number of benzene rings is 2. The second kappa shape index (κ2) is 8.97. The van der Waals surface area contributed by atoms with Gasteiger partial charge in [0, 0.05) is 24.5 Å². The van der Waals surface area contributed by atoms with Gasteiger partial charge in [0.05, 0.1) is 18.9 Å². The average Bonchev–Trinajstić information content (AvgIpc) is 2.70. The monoisotopic (exact) mass is 382 g/mol. The van der Waals surface area contributed by atoms with E-state index in [4.69, 9.17) is 17.0 Å². The molecule has 0 unspecified atom stereocenters. The van der Waals surface area contributed by atoms with Crippen molar-refractivity contribution in [1.29, 1.82) is 0 Å². The van der Waals surface area contributed by atoms with Gasteiger partial charge >= 0.3 is 0 Å². The number of ether oxygens (including phenoxy) is 1. The first-order valence-electron chi connectivity index (χ1n) is 9.15. The van der Waals surface area contributed by atoms with Gasteiger partial charge in [0.1, 0.15) is 0 Å². The number of hydrogen-bond donors (Lipinski definition) is 2. The molecule has 0 amide bonds. The van der Waals surface area contributed by atoms with Crippen LogP contribution in [0.25, 0.3) is 0 Å². The Hall–Kier alpha value is -2.44. The Morgan fingerprint density at radius 3 is 2.48 bits per heavy atom. The van der Waals surface area contributed by atoms with Crippen LogP contribution in [0.4, 0.5) is 11.4 Å². The van der Waals surface area contributed by atoms with E-state index in [9.17, 15) is 0 Å². The van der Waals surface area contributed by atoms with Crippen molar-refractivity contribution in [2.45, 2.75) is 20.8 Å². The molecule has 0 atom stereocenters. The Bertz CT molecular complexity index is 827. The van der Waals surface area contributed by atoms with Crippen LogP contribution >= 0.6 is 12.2 Å². The maximum absolute atomic E-state index is 5.41. The van der Waals surface area contributed by atoms with Crippen LogP contribution in [0.3, 0.4) is 0 Å². The van der Waals surface area contributed by atoms with Gasteiger partial charge in [0.2, 0.25) is 0 Å². The number of hydrogen-bond acceptors (Lipinski definition) is 4. The molecule has 142 valence electrons. The fraction of sp³-hybridized carbons (Fsp3) is 0.333. The van der Waals surface area contributed by atoms with Crippen LogP contribution in [0.5, 0.6) is 0 Å². The quantitative estimate of drug-likeness (QED) is 0.478. The second-order valence-corrected chi connectivity index (χ2v) is 7.07. The molecular formula is C21H26N4OS. The van der Waals surface area contributed by atoms with Gasteiger partial charge in [0.25, 0.3) is 0 Å².